The predicted octanol–water partition coefficient (Wildman–Crippen LogP) is 3.33. The van der Waals surface area contributed by atoms with E-state index < -0.39 is 12.1 Å². The van der Waals surface area contributed by atoms with E-state index in [4.69, 9.17) is 4.74 Å². The molecule has 0 radical (unpaired) electrons. The van der Waals surface area contributed by atoms with E-state index in [-0.39, 0.29) is 18.3 Å². The van der Waals surface area contributed by atoms with E-state index in [0.29, 0.717) is 16.3 Å². The standard InChI is InChI=1S/C17H19NO4S2/c1-2-22-17(21)13-8-9-24-16(13)18-15(20)11-23-10-14(19)12-6-4-3-5-7-12/h3-9,14,19H,2,10-11H2,1H3,(H,18,20). The van der Waals surface area contributed by atoms with Crippen molar-refractivity contribution in [3.05, 3.63) is 52.9 Å². The Hall–Kier alpha value is -1.83. The van der Waals surface area contributed by atoms with E-state index in [0.717, 1.165) is 5.56 Å². The lowest BCUT2D eigenvalue weighted by atomic mass is 10.1. The van der Waals surface area contributed by atoms with Gasteiger partial charge in [-0.2, -0.15) is 0 Å². The highest BCUT2D eigenvalue weighted by molar-refractivity contribution is 8.00. The highest BCUT2D eigenvalue weighted by atomic mass is 32.2. The van der Waals surface area contributed by atoms with Crippen LogP contribution in [-0.4, -0.2) is 35.1 Å². The molecule has 5 nitrogen and oxygen atoms in total. The molecule has 0 aliphatic carbocycles. The summed E-state index contributed by atoms with van der Waals surface area (Å²) in [5.74, 6) is -0.0362. The van der Waals surface area contributed by atoms with Gasteiger partial charge >= 0.3 is 5.97 Å². The summed E-state index contributed by atoms with van der Waals surface area (Å²) in [5, 5.41) is 15.0. The van der Waals surface area contributed by atoms with Crippen molar-refractivity contribution in [2.45, 2.75) is 13.0 Å². The summed E-state index contributed by atoms with van der Waals surface area (Å²) in [7, 11) is 0. The fourth-order valence-electron chi connectivity index (χ4n) is 1.97. The second kappa shape index (κ2) is 9.46. The number of esters is 1. The number of carbonyl (C=O) groups is 2. The minimum absolute atomic E-state index is 0.198. The third-order valence-electron chi connectivity index (χ3n) is 3.11. The lowest BCUT2D eigenvalue weighted by Crippen LogP contribution is -2.16. The first-order chi connectivity index (χ1) is 11.6. The van der Waals surface area contributed by atoms with Gasteiger partial charge in [0.05, 0.1) is 24.0 Å². The van der Waals surface area contributed by atoms with Crippen molar-refractivity contribution in [3.8, 4) is 0 Å². The summed E-state index contributed by atoms with van der Waals surface area (Å²) in [6.45, 7) is 2.02. The van der Waals surface area contributed by atoms with Crippen molar-refractivity contribution in [1.82, 2.24) is 0 Å². The second-order valence-corrected chi connectivity index (χ2v) is 6.82. The van der Waals surface area contributed by atoms with E-state index in [2.05, 4.69) is 5.32 Å². The number of aliphatic hydroxyl groups is 1. The van der Waals surface area contributed by atoms with Crippen LogP contribution in [-0.2, 0) is 9.53 Å². The lowest BCUT2D eigenvalue weighted by molar-refractivity contribution is -0.113. The largest absolute Gasteiger partial charge is 0.462 e. The average Bonchev–Trinajstić information content (AvgIpc) is 3.04. The van der Waals surface area contributed by atoms with Crippen LogP contribution in [0, 0.1) is 0 Å². The number of anilines is 1. The Balaban J connectivity index is 1.80. The van der Waals surface area contributed by atoms with E-state index in [9.17, 15) is 14.7 Å². The minimum atomic E-state index is -0.610. The van der Waals surface area contributed by atoms with Gasteiger partial charge in [-0.25, -0.2) is 4.79 Å². The van der Waals surface area contributed by atoms with Gasteiger partial charge in [0, 0.05) is 5.75 Å². The van der Waals surface area contributed by atoms with Crippen LogP contribution < -0.4 is 5.32 Å². The molecule has 0 fully saturated rings. The van der Waals surface area contributed by atoms with Crippen molar-refractivity contribution in [2.24, 2.45) is 0 Å². The van der Waals surface area contributed by atoms with Gasteiger partial charge in [-0.3, -0.25) is 4.79 Å². The molecule has 2 N–H and O–H groups in total. The monoisotopic (exact) mass is 365 g/mol. The van der Waals surface area contributed by atoms with Crippen LogP contribution in [0.1, 0.15) is 28.9 Å². The van der Waals surface area contributed by atoms with Crippen molar-refractivity contribution < 1.29 is 19.4 Å². The average molecular weight is 365 g/mol. The minimum Gasteiger partial charge on any atom is -0.462 e. The number of nitrogens with one attached hydrogen (secondary N) is 1. The van der Waals surface area contributed by atoms with Crippen LogP contribution >= 0.6 is 23.1 Å². The Morgan fingerprint density at radius 2 is 2.04 bits per heavy atom. The first-order valence-corrected chi connectivity index (χ1v) is 9.50. The number of hydrogen-bond acceptors (Lipinski definition) is 6. The third-order valence-corrected chi connectivity index (χ3v) is 4.95. The normalized spacial score (nSPS) is 11.8. The SMILES string of the molecule is CCOC(=O)c1ccsc1NC(=O)CSCC(O)c1ccccc1. The number of amides is 1. The summed E-state index contributed by atoms with van der Waals surface area (Å²) < 4.78 is 4.95. The van der Waals surface area contributed by atoms with Crippen LogP contribution in [0.5, 0.6) is 0 Å². The van der Waals surface area contributed by atoms with Gasteiger partial charge in [-0.05, 0) is 23.9 Å². The zero-order valence-electron chi connectivity index (χ0n) is 13.2. The molecule has 0 saturated carbocycles. The van der Waals surface area contributed by atoms with Crippen molar-refractivity contribution >= 4 is 40.0 Å². The highest BCUT2D eigenvalue weighted by Crippen LogP contribution is 2.24. The fourth-order valence-corrected chi connectivity index (χ4v) is 3.56. The number of benzene rings is 1. The Labute approximate surface area is 149 Å². The number of thioether (sulfide) groups is 1. The summed E-state index contributed by atoms with van der Waals surface area (Å²) in [5.41, 5.74) is 1.19. The highest BCUT2D eigenvalue weighted by Gasteiger charge is 2.16. The number of rotatable bonds is 8. The molecule has 7 heteroatoms. The molecule has 1 heterocycles. The van der Waals surface area contributed by atoms with Gasteiger partial charge in [-0.1, -0.05) is 30.3 Å². The van der Waals surface area contributed by atoms with E-state index in [1.54, 1.807) is 18.4 Å². The summed E-state index contributed by atoms with van der Waals surface area (Å²) >= 11 is 2.61. The molecule has 0 aliphatic heterocycles. The number of carbonyl (C=O) groups excluding carboxylic acids is 2. The fraction of sp³-hybridized carbons (Fsp3) is 0.294. The molecule has 1 unspecified atom stereocenters. The molecular formula is C17H19NO4S2. The molecule has 2 aromatic rings. The lowest BCUT2D eigenvalue weighted by Gasteiger charge is -2.10. The smallest absolute Gasteiger partial charge is 0.341 e. The molecule has 1 atom stereocenters. The summed E-state index contributed by atoms with van der Waals surface area (Å²) in [4.78, 5) is 23.8. The van der Waals surface area contributed by atoms with Gasteiger partial charge in [-0.15, -0.1) is 23.1 Å². The molecular weight excluding hydrogens is 346 g/mol. The molecule has 1 aromatic carbocycles. The maximum atomic E-state index is 12.0. The number of aliphatic hydroxyl groups excluding tert-OH is 1. The Bertz CT molecular complexity index is 672. The number of thiophene rings is 1. The Kier molecular flexibility index (Phi) is 7.30. The van der Waals surface area contributed by atoms with Crippen LogP contribution in [0.25, 0.3) is 0 Å². The molecule has 24 heavy (non-hydrogen) atoms. The first-order valence-electron chi connectivity index (χ1n) is 7.47. The predicted molar refractivity (Wildman–Crippen MR) is 97.6 cm³/mol. The van der Waals surface area contributed by atoms with E-state index in [1.807, 2.05) is 30.3 Å². The third kappa shape index (κ3) is 5.36. The molecule has 1 amide bonds. The topological polar surface area (TPSA) is 75.6 Å². The van der Waals surface area contributed by atoms with Gasteiger partial charge in [0.15, 0.2) is 0 Å². The number of hydrogen-bond donors (Lipinski definition) is 2. The summed E-state index contributed by atoms with van der Waals surface area (Å²) in [6, 6.07) is 10.9. The zero-order chi connectivity index (χ0) is 17.4. The van der Waals surface area contributed by atoms with Crippen molar-refractivity contribution in [3.63, 3.8) is 0 Å². The van der Waals surface area contributed by atoms with Crippen LogP contribution in [0.4, 0.5) is 5.00 Å². The van der Waals surface area contributed by atoms with Gasteiger partial charge < -0.3 is 15.2 Å². The zero-order valence-corrected chi connectivity index (χ0v) is 14.9. The van der Waals surface area contributed by atoms with E-state index in [1.165, 1.54) is 23.1 Å². The molecule has 0 spiro atoms. The molecule has 128 valence electrons. The second-order valence-electron chi connectivity index (χ2n) is 4.87. The Morgan fingerprint density at radius 3 is 2.75 bits per heavy atom. The van der Waals surface area contributed by atoms with Gasteiger partial charge in [0.2, 0.25) is 5.91 Å². The molecule has 1 aromatic heterocycles. The van der Waals surface area contributed by atoms with Gasteiger partial charge in [0.25, 0.3) is 0 Å². The van der Waals surface area contributed by atoms with E-state index >= 15 is 0 Å². The van der Waals surface area contributed by atoms with Crippen LogP contribution in [0.3, 0.4) is 0 Å². The summed E-state index contributed by atoms with van der Waals surface area (Å²) in [6.07, 6.45) is -0.610. The Morgan fingerprint density at radius 1 is 1.29 bits per heavy atom. The quantitative estimate of drug-likeness (QED) is 0.702. The van der Waals surface area contributed by atoms with Crippen molar-refractivity contribution in [1.29, 1.82) is 0 Å². The molecule has 0 bridgehead atoms. The molecule has 2 rings (SSSR count). The number of ether oxygens (including phenoxy) is 1. The van der Waals surface area contributed by atoms with Gasteiger partial charge in [0.1, 0.15) is 5.00 Å². The van der Waals surface area contributed by atoms with Crippen LogP contribution in [0.2, 0.25) is 0 Å². The molecule has 0 aliphatic rings. The maximum absolute atomic E-state index is 12.0. The van der Waals surface area contributed by atoms with Crippen molar-refractivity contribution in [2.75, 3.05) is 23.4 Å². The van der Waals surface area contributed by atoms with Crippen LogP contribution in [0.15, 0.2) is 41.8 Å². The molecule has 0 saturated heterocycles. The maximum Gasteiger partial charge on any atom is 0.341 e. The first kappa shape index (κ1) is 18.5.